The standard InChI is InChI=1S/C17H17N3OS/c1-19-14(11-5-7-12(21-2)8-6-11)10-13-16(19)18-15-4-3-9-20(15)17(13)22/h5-8,10H,3-4,9H2,1-2H3. The quantitative estimate of drug-likeness (QED) is 0.676. The molecule has 0 saturated heterocycles. The van der Waals surface area contributed by atoms with Crippen molar-refractivity contribution in [2.24, 2.45) is 7.05 Å². The molecule has 0 fully saturated rings. The van der Waals surface area contributed by atoms with Gasteiger partial charge in [-0.15, -0.1) is 0 Å². The Morgan fingerprint density at radius 3 is 2.73 bits per heavy atom. The van der Waals surface area contributed by atoms with Gasteiger partial charge in [-0.05, 0) is 42.3 Å². The van der Waals surface area contributed by atoms with Crippen molar-refractivity contribution in [1.82, 2.24) is 14.1 Å². The zero-order chi connectivity index (χ0) is 15.3. The summed E-state index contributed by atoms with van der Waals surface area (Å²) in [7, 11) is 3.73. The van der Waals surface area contributed by atoms with Gasteiger partial charge in [-0.3, -0.25) is 0 Å². The van der Waals surface area contributed by atoms with Gasteiger partial charge in [0.25, 0.3) is 0 Å². The molecule has 0 amide bonds. The maximum absolute atomic E-state index is 5.67. The minimum absolute atomic E-state index is 0.860. The zero-order valence-electron chi connectivity index (χ0n) is 12.7. The zero-order valence-corrected chi connectivity index (χ0v) is 13.5. The van der Waals surface area contributed by atoms with Gasteiger partial charge in [0, 0.05) is 20.0 Å². The van der Waals surface area contributed by atoms with Gasteiger partial charge in [0.2, 0.25) is 0 Å². The average Bonchev–Trinajstić information content (AvgIpc) is 3.14. The maximum Gasteiger partial charge on any atom is 0.145 e. The molecule has 4 rings (SSSR count). The molecule has 4 nitrogen and oxygen atoms in total. The number of aromatic nitrogens is 3. The highest BCUT2D eigenvalue weighted by Gasteiger charge is 2.18. The minimum Gasteiger partial charge on any atom is -0.497 e. The summed E-state index contributed by atoms with van der Waals surface area (Å²) in [5.41, 5.74) is 3.24. The third kappa shape index (κ3) is 1.89. The van der Waals surface area contributed by atoms with Crippen LogP contribution in [-0.4, -0.2) is 21.2 Å². The number of aryl methyl sites for hydroxylation is 2. The Bertz CT molecular complexity index is 922. The number of rotatable bonds is 2. The average molecular weight is 311 g/mol. The number of benzene rings is 1. The molecule has 1 aliphatic rings. The van der Waals surface area contributed by atoms with Crippen molar-refractivity contribution in [2.75, 3.05) is 7.11 Å². The number of hydrogen-bond donors (Lipinski definition) is 0. The van der Waals surface area contributed by atoms with Crippen LogP contribution in [0.15, 0.2) is 30.3 Å². The molecule has 0 unspecified atom stereocenters. The second-order valence-corrected chi connectivity index (χ2v) is 6.03. The Balaban J connectivity index is 1.94. The Morgan fingerprint density at radius 1 is 1.23 bits per heavy atom. The van der Waals surface area contributed by atoms with Crippen LogP contribution < -0.4 is 4.74 Å². The first-order valence-corrected chi connectivity index (χ1v) is 7.83. The molecule has 0 aliphatic carbocycles. The lowest BCUT2D eigenvalue weighted by atomic mass is 10.1. The largest absolute Gasteiger partial charge is 0.497 e. The molecule has 0 N–H and O–H groups in total. The normalized spacial score (nSPS) is 13.5. The van der Waals surface area contributed by atoms with Gasteiger partial charge in [-0.2, -0.15) is 0 Å². The van der Waals surface area contributed by atoms with Crippen LogP contribution in [0.5, 0.6) is 5.75 Å². The van der Waals surface area contributed by atoms with Crippen molar-refractivity contribution < 1.29 is 4.74 Å². The minimum atomic E-state index is 0.860. The van der Waals surface area contributed by atoms with Crippen LogP contribution in [-0.2, 0) is 20.0 Å². The van der Waals surface area contributed by atoms with E-state index in [-0.39, 0.29) is 0 Å². The molecule has 1 aromatic carbocycles. The van der Waals surface area contributed by atoms with E-state index in [4.69, 9.17) is 21.9 Å². The van der Waals surface area contributed by atoms with Gasteiger partial charge in [0.1, 0.15) is 21.9 Å². The number of ether oxygens (including phenoxy) is 1. The van der Waals surface area contributed by atoms with Gasteiger partial charge >= 0.3 is 0 Å². The molecule has 0 atom stereocenters. The molecule has 22 heavy (non-hydrogen) atoms. The van der Waals surface area contributed by atoms with Crippen LogP contribution in [0.1, 0.15) is 12.2 Å². The third-order valence-electron chi connectivity index (χ3n) is 4.39. The van der Waals surface area contributed by atoms with Crippen molar-refractivity contribution in [3.05, 3.63) is 40.8 Å². The van der Waals surface area contributed by atoms with Crippen LogP contribution in [0.25, 0.3) is 22.3 Å². The highest BCUT2D eigenvalue weighted by molar-refractivity contribution is 7.71. The molecule has 0 radical (unpaired) electrons. The maximum atomic E-state index is 5.67. The van der Waals surface area contributed by atoms with Crippen molar-refractivity contribution >= 4 is 23.3 Å². The molecule has 0 saturated carbocycles. The summed E-state index contributed by atoms with van der Waals surface area (Å²) in [5, 5.41) is 1.06. The summed E-state index contributed by atoms with van der Waals surface area (Å²) in [5.74, 6) is 1.97. The van der Waals surface area contributed by atoms with E-state index in [1.165, 1.54) is 0 Å². The van der Waals surface area contributed by atoms with Crippen molar-refractivity contribution in [1.29, 1.82) is 0 Å². The number of hydrogen-bond acceptors (Lipinski definition) is 3. The Hall–Kier alpha value is -2.14. The summed E-state index contributed by atoms with van der Waals surface area (Å²) in [4.78, 5) is 4.83. The molecule has 0 bridgehead atoms. The first-order valence-electron chi connectivity index (χ1n) is 7.42. The van der Waals surface area contributed by atoms with Crippen molar-refractivity contribution in [3.8, 4) is 17.0 Å². The predicted octanol–water partition coefficient (Wildman–Crippen LogP) is 3.73. The van der Waals surface area contributed by atoms with Crippen LogP contribution in [0.4, 0.5) is 0 Å². The number of fused-ring (bicyclic) bond motifs is 2. The first kappa shape index (κ1) is 13.5. The molecular weight excluding hydrogens is 294 g/mol. The monoisotopic (exact) mass is 311 g/mol. The fourth-order valence-corrected chi connectivity index (χ4v) is 3.53. The molecule has 3 aromatic rings. The Morgan fingerprint density at radius 2 is 2.00 bits per heavy atom. The first-order chi connectivity index (χ1) is 10.7. The van der Waals surface area contributed by atoms with Crippen LogP contribution in [0, 0.1) is 4.64 Å². The van der Waals surface area contributed by atoms with Crippen LogP contribution in [0.2, 0.25) is 0 Å². The van der Waals surface area contributed by atoms with E-state index < -0.39 is 0 Å². The van der Waals surface area contributed by atoms with E-state index in [2.05, 4.69) is 34.4 Å². The van der Waals surface area contributed by atoms with Gasteiger partial charge in [-0.25, -0.2) is 4.98 Å². The third-order valence-corrected chi connectivity index (χ3v) is 4.83. The van der Waals surface area contributed by atoms with Crippen molar-refractivity contribution in [2.45, 2.75) is 19.4 Å². The highest BCUT2D eigenvalue weighted by atomic mass is 32.1. The lowest BCUT2D eigenvalue weighted by Gasteiger charge is -2.07. The predicted molar refractivity (Wildman–Crippen MR) is 89.8 cm³/mol. The fraction of sp³-hybridized carbons (Fsp3) is 0.294. The van der Waals surface area contributed by atoms with Crippen LogP contribution >= 0.6 is 12.2 Å². The highest BCUT2D eigenvalue weighted by Crippen LogP contribution is 2.29. The molecule has 2 aromatic heterocycles. The number of nitrogens with zero attached hydrogens (tertiary/aromatic N) is 3. The van der Waals surface area contributed by atoms with E-state index in [9.17, 15) is 0 Å². The molecular formula is C17H17N3OS. The second kappa shape index (κ2) is 4.95. The second-order valence-electron chi connectivity index (χ2n) is 5.64. The SMILES string of the molecule is COc1ccc(-c2cc3c(=S)n4c(nc3n2C)CCC4)cc1. The molecule has 3 heterocycles. The smallest absolute Gasteiger partial charge is 0.145 e. The summed E-state index contributed by atoms with van der Waals surface area (Å²) >= 11 is 5.67. The summed E-state index contributed by atoms with van der Waals surface area (Å²) in [6, 6.07) is 10.2. The summed E-state index contributed by atoms with van der Waals surface area (Å²) in [6.45, 7) is 0.990. The summed E-state index contributed by atoms with van der Waals surface area (Å²) < 4.78 is 10.4. The lowest BCUT2D eigenvalue weighted by molar-refractivity contribution is 0.415. The van der Waals surface area contributed by atoms with Gasteiger partial charge < -0.3 is 13.9 Å². The molecule has 0 spiro atoms. The van der Waals surface area contributed by atoms with E-state index >= 15 is 0 Å². The van der Waals surface area contributed by atoms with E-state index in [1.807, 2.05) is 12.1 Å². The van der Waals surface area contributed by atoms with E-state index in [0.717, 1.165) is 57.9 Å². The van der Waals surface area contributed by atoms with Crippen LogP contribution in [0.3, 0.4) is 0 Å². The van der Waals surface area contributed by atoms with E-state index in [0.29, 0.717) is 0 Å². The molecule has 1 aliphatic heterocycles. The van der Waals surface area contributed by atoms with Gasteiger partial charge in [-0.1, -0.05) is 12.2 Å². The Labute approximate surface area is 134 Å². The van der Waals surface area contributed by atoms with Crippen molar-refractivity contribution in [3.63, 3.8) is 0 Å². The Kier molecular flexibility index (Phi) is 3.04. The molecule has 5 heteroatoms. The fourth-order valence-electron chi connectivity index (χ4n) is 3.19. The lowest BCUT2D eigenvalue weighted by Crippen LogP contribution is -2.03. The topological polar surface area (TPSA) is 32.0 Å². The molecule has 112 valence electrons. The van der Waals surface area contributed by atoms with Gasteiger partial charge in [0.05, 0.1) is 18.2 Å². The van der Waals surface area contributed by atoms with Gasteiger partial charge in [0.15, 0.2) is 0 Å². The van der Waals surface area contributed by atoms with E-state index in [1.54, 1.807) is 7.11 Å². The number of methoxy groups -OCH3 is 1. The summed E-state index contributed by atoms with van der Waals surface area (Å²) in [6.07, 6.45) is 2.15.